The average molecular weight is 204 g/mol. The van der Waals surface area contributed by atoms with Gasteiger partial charge in [-0.05, 0) is 6.26 Å². The van der Waals surface area contributed by atoms with Crippen LogP contribution in [0.4, 0.5) is 0 Å². The van der Waals surface area contributed by atoms with Crippen LogP contribution in [0.15, 0.2) is 10.5 Å². The third-order valence-corrected chi connectivity index (χ3v) is 3.33. The summed E-state index contributed by atoms with van der Waals surface area (Å²) in [7, 11) is 0. The van der Waals surface area contributed by atoms with Crippen LogP contribution < -0.4 is 5.73 Å². The standard InChI is InChI=1S/C6H8N2O2S2/c1-11-6-8-2-3(12-6)4(7)5(9)10/h2,4H,7H2,1H3,(H,9,10). The third kappa shape index (κ3) is 1.96. The van der Waals surface area contributed by atoms with Crippen molar-refractivity contribution in [2.45, 2.75) is 10.4 Å². The van der Waals surface area contributed by atoms with E-state index in [-0.39, 0.29) is 0 Å². The normalized spacial score (nSPS) is 12.8. The number of thiazole rings is 1. The van der Waals surface area contributed by atoms with Crippen LogP contribution in [-0.2, 0) is 4.79 Å². The van der Waals surface area contributed by atoms with Crippen LogP contribution in [0.1, 0.15) is 10.9 Å². The summed E-state index contributed by atoms with van der Waals surface area (Å²) in [5.41, 5.74) is 5.37. The first-order valence-electron chi connectivity index (χ1n) is 3.13. The predicted molar refractivity (Wildman–Crippen MR) is 48.5 cm³/mol. The second-order valence-electron chi connectivity index (χ2n) is 2.05. The van der Waals surface area contributed by atoms with Gasteiger partial charge in [0.2, 0.25) is 0 Å². The van der Waals surface area contributed by atoms with Gasteiger partial charge in [0.1, 0.15) is 10.4 Å². The summed E-state index contributed by atoms with van der Waals surface area (Å²) in [5, 5.41) is 8.56. The van der Waals surface area contributed by atoms with E-state index in [9.17, 15) is 4.79 Å². The molecule has 1 unspecified atom stereocenters. The highest BCUT2D eigenvalue weighted by atomic mass is 32.2. The molecule has 1 rings (SSSR count). The molecule has 66 valence electrons. The molecule has 1 atom stereocenters. The third-order valence-electron chi connectivity index (χ3n) is 1.25. The molecule has 1 aromatic rings. The predicted octanol–water partition coefficient (Wildman–Crippen LogP) is 0.949. The molecule has 0 radical (unpaired) electrons. The highest BCUT2D eigenvalue weighted by Crippen LogP contribution is 2.25. The first-order valence-corrected chi connectivity index (χ1v) is 5.17. The monoisotopic (exact) mass is 204 g/mol. The van der Waals surface area contributed by atoms with E-state index in [1.165, 1.54) is 29.3 Å². The van der Waals surface area contributed by atoms with Crippen molar-refractivity contribution in [3.8, 4) is 0 Å². The van der Waals surface area contributed by atoms with E-state index >= 15 is 0 Å². The molecule has 0 bridgehead atoms. The second kappa shape index (κ2) is 3.88. The Morgan fingerprint density at radius 2 is 2.58 bits per heavy atom. The van der Waals surface area contributed by atoms with Gasteiger partial charge in [-0.2, -0.15) is 0 Å². The summed E-state index contributed by atoms with van der Waals surface area (Å²) < 4.78 is 0.835. The number of aromatic nitrogens is 1. The molecule has 1 heterocycles. The summed E-state index contributed by atoms with van der Waals surface area (Å²) in [4.78, 5) is 15.0. The Kier molecular flexibility index (Phi) is 3.07. The Morgan fingerprint density at radius 3 is 3.00 bits per heavy atom. The summed E-state index contributed by atoms with van der Waals surface area (Å²) in [6, 6.07) is -0.941. The molecule has 0 saturated heterocycles. The van der Waals surface area contributed by atoms with Crippen molar-refractivity contribution in [3.05, 3.63) is 11.1 Å². The van der Waals surface area contributed by atoms with Gasteiger partial charge in [0.15, 0.2) is 0 Å². The van der Waals surface area contributed by atoms with Gasteiger partial charge in [0.05, 0.1) is 4.88 Å². The van der Waals surface area contributed by atoms with Crippen molar-refractivity contribution in [2.75, 3.05) is 6.26 Å². The number of nitrogens with zero attached hydrogens (tertiary/aromatic N) is 1. The Balaban J connectivity index is 2.81. The lowest BCUT2D eigenvalue weighted by atomic mass is 10.3. The van der Waals surface area contributed by atoms with Crippen molar-refractivity contribution in [1.82, 2.24) is 4.98 Å². The van der Waals surface area contributed by atoms with Crippen LogP contribution >= 0.6 is 23.1 Å². The molecular weight excluding hydrogens is 196 g/mol. The maximum atomic E-state index is 10.4. The van der Waals surface area contributed by atoms with Crippen molar-refractivity contribution < 1.29 is 9.90 Å². The number of hydrogen-bond acceptors (Lipinski definition) is 5. The Labute approximate surface area is 77.8 Å². The smallest absolute Gasteiger partial charge is 0.326 e. The Morgan fingerprint density at radius 1 is 1.92 bits per heavy atom. The summed E-state index contributed by atoms with van der Waals surface area (Å²) in [6.07, 6.45) is 3.39. The van der Waals surface area contributed by atoms with Crippen molar-refractivity contribution >= 4 is 29.1 Å². The number of carbonyl (C=O) groups is 1. The Hall–Kier alpha value is -0.590. The van der Waals surface area contributed by atoms with Gasteiger partial charge < -0.3 is 10.8 Å². The summed E-state index contributed by atoms with van der Waals surface area (Å²) in [6.45, 7) is 0. The van der Waals surface area contributed by atoms with Crippen LogP contribution in [0.25, 0.3) is 0 Å². The lowest BCUT2D eigenvalue weighted by Gasteiger charge is -1.99. The molecule has 4 nitrogen and oxygen atoms in total. The molecule has 0 amide bonds. The van der Waals surface area contributed by atoms with Crippen LogP contribution in [0, 0.1) is 0 Å². The zero-order chi connectivity index (χ0) is 9.14. The first-order chi connectivity index (χ1) is 5.65. The molecule has 0 aromatic carbocycles. The molecule has 0 spiro atoms. The number of aliphatic carboxylic acids is 1. The fourth-order valence-corrected chi connectivity index (χ4v) is 2.05. The van der Waals surface area contributed by atoms with Crippen LogP contribution in [0.2, 0.25) is 0 Å². The molecule has 0 saturated carbocycles. The SMILES string of the molecule is CSc1ncc(C(N)C(=O)O)s1. The quantitative estimate of drug-likeness (QED) is 0.717. The molecule has 12 heavy (non-hydrogen) atoms. The largest absolute Gasteiger partial charge is 0.480 e. The van der Waals surface area contributed by atoms with E-state index in [1.54, 1.807) is 0 Å². The molecule has 0 fully saturated rings. The molecular formula is C6H8N2O2S2. The minimum atomic E-state index is -1.02. The van der Waals surface area contributed by atoms with E-state index in [2.05, 4.69) is 4.98 Å². The topological polar surface area (TPSA) is 76.2 Å². The van der Waals surface area contributed by atoms with E-state index in [0.717, 1.165) is 4.34 Å². The van der Waals surface area contributed by atoms with E-state index < -0.39 is 12.0 Å². The van der Waals surface area contributed by atoms with E-state index in [1.807, 2.05) is 6.26 Å². The Bertz CT molecular complexity index is 287. The van der Waals surface area contributed by atoms with Gasteiger partial charge >= 0.3 is 5.97 Å². The van der Waals surface area contributed by atoms with Crippen molar-refractivity contribution in [2.24, 2.45) is 5.73 Å². The minimum absolute atomic E-state index is 0.590. The van der Waals surface area contributed by atoms with Gasteiger partial charge in [-0.15, -0.1) is 11.3 Å². The maximum Gasteiger partial charge on any atom is 0.326 e. The number of nitrogens with two attached hydrogens (primary N) is 1. The van der Waals surface area contributed by atoms with Gasteiger partial charge in [-0.25, -0.2) is 4.98 Å². The second-order valence-corrected chi connectivity index (χ2v) is 4.16. The number of rotatable bonds is 3. The van der Waals surface area contributed by atoms with E-state index in [4.69, 9.17) is 10.8 Å². The minimum Gasteiger partial charge on any atom is -0.480 e. The van der Waals surface area contributed by atoms with Gasteiger partial charge in [0.25, 0.3) is 0 Å². The van der Waals surface area contributed by atoms with Gasteiger partial charge in [-0.3, -0.25) is 4.79 Å². The van der Waals surface area contributed by atoms with Crippen molar-refractivity contribution in [3.63, 3.8) is 0 Å². The molecule has 3 N–H and O–H groups in total. The number of carboxylic acid groups (broad SMARTS) is 1. The molecule has 0 aliphatic carbocycles. The number of hydrogen-bond donors (Lipinski definition) is 2. The maximum absolute atomic E-state index is 10.4. The van der Waals surface area contributed by atoms with Crippen LogP contribution in [0.3, 0.4) is 0 Å². The van der Waals surface area contributed by atoms with Gasteiger partial charge in [0, 0.05) is 6.20 Å². The van der Waals surface area contributed by atoms with E-state index in [0.29, 0.717) is 4.88 Å². The molecule has 1 aromatic heterocycles. The zero-order valence-corrected chi connectivity index (χ0v) is 7.98. The lowest BCUT2D eigenvalue weighted by molar-refractivity contribution is -0.138. The van der Waals surface area contributed by atoms with Crippen molar-refractivity contribution in [1.29, 1.82) is 0 Å². The summed E-state index contributed by atoms with van der Waals surface area (Å²) >= 11 is 2.79. The number of thioether (sulfide) groups is 1. The lowest BCUT2D eigenvalue weighted by Crippen LogP contribution is -2.19. The zero-order valence-electron chi connectivity index (χ0n) is 6.35. The van der Waals surface area contributed by atoms with Crippen LogP contribution in [0.5, 0.6) is 0 Å². The fourth-order valence-electron chi connectivity index (χ4n) is 0.630. The van der Waals surface area contributed by atoms with Crippen LogP contribution in [-0.4, -0.2) is 22.3 Å². The average Bonchev–Trinajstić information content (AvgIpc) is 2.50. The number of carboxylic acids is 1. The summed E-state index contributed by atoms with van der Waals surface area (Å²) in [5.74, 6) is -1.02. The highest BCUT2D eigenvalue weighted by molar-refractivity contribution is 8.00. The first kappa shape index (κ1) is 9.50. The molecule has 0 aliphatic rings. The highest BCUT2D eigenvalue weighted by Gasteiger charge is 2.16. The fraction of sp³-hybridized carbons (Fsp3) is 0.333. The molecule has 0 aliphatic heterocycles. The molecule has 6 heteroatoms. The van der Waals surface area contributed by atoms with Gasteiger partial charge in [-0.1, -0.05) is 11.8 Å².